The molecular weight excluding hydrogens is 452 g/mol. The van der Waals surface area contributed by atoms with Crippen LogP contribution in [0.15, 0.2) is 55.0 Å². The highest BCUT2D eigenvalue weighted by Crippen LogP contribution is 2.29. The SMILES string of the molecule is C[C@H]1CCCC[C@H]1OCC(=O)N1CCC(c2ccc(C(=O)NCc3ccn4ccnc4c3)cc2)CC1. The Morgan fingerprint density at radius 3 is 2.58 bits per heavy atom. The van der Waals surface area contributed by atoms with Gasteiger partial charge in [0.2, 0.25) is 5.91 Å². The van der Waals surface area contributed by atoms with Crippen molar-refractivity contribution in [2.75, 3.05) is 19.7 Å². The van der Waals surface area contributed by atoms with E-state index in [2.05, 4.69) is 29.4 Å². The van der Waals surface area contributed by atoms with Gasteiger partial charge in [-0.25, -0.2) is 4.98 Å². The smallest absolute Gasteiger partial charge is 0.251 e. The number of amides is 2. The lowest BCUT2D eigenvalue weighted by molar-refractivity contribution is -0.141. The summed E-state index contributed by atoms with van der Waals surface area (Å²) in [7, 11) is 0. The fraction of sp³-hybridized carbons (Fsp3) is 0.483. The molecule has 7 nitrogen and oxygen atoms in total. The van der Waals surface area contributed by atoms with Gasteiger partial charge >= 0.3 is 0 Å². The Morgan fingerprint density at radius 2 is 1.81 bits per heavy atom. The molecule has 1 aromatic carbocycles. The fourth-order valence-corrected chi connectivity index (χ4v) is 5.52. The second-order valence-electron chi connectivity index (χ2n) is 10.3. The number of hydrogen-bond donors (Lipinski definition) is 1. The molecule has 36 heavy (non-hydrogen) atoms. The van der Waals surface area contributed by atoms with Crippen LogP contribution < -0.4 is 5.32 Å². The average Bonchev–Trinajstić information content (AvgIpc) is 3.39. The van der Waals surface area contributed by atoms with Crippen LogP contribution in [0.5, 0.6) is 0 Å². The highest BCUT2D eigenvalue weighted by Gasteiger charge is 2.27. The number of imidazole rings is 1. The van der Waals surface area contributed by atoms with Crippen molar-refractivity contribution in [2.45, 2.75) is 64.0 Å². The Labute approximate surface area is 212 Å². The Hall–Kier alpha value is -3.19. The standard InChI is InChI=1S/C29H36N4O3/c1-21-4-2-3-5-26(21)36-20-28(34)33-15-11-24(12-16-33)23-6-8-25(9-7-23)29(35)31-19-22-10-14-32-17-13-30-27(32)18-22/h6-10,13-14,17-18,21,24,26H,2-5,11-12,15-16,19-20H2,1H3,(H,31,35)/t21-,26+/m0/s1. The first-order valence-corrected chi connectivity index (χ1v) is 13.3. The van der Waals surface area contributed by atoms with Crippen molar-refractivity contribution in [2.24, 2.45) is 5.92 Å². The molecule has 3 aromatic rings. The van der Waals surface area contributed by atoms with Crippen molar-refractivity contribution in [3.63, 3.8) is 0 Å². The van der Waals surface area contributed by atoms with Gasteiger partial charge in [0.05, 0.1) is 6.10 Å². The van der Waals surface area contributed by atoms with Crippen LogP contribution in [0, 0.1) is 5.92 Å². The predicted octanol–water partition coefficient (Wildman–Crippen LogP) is 4.57. The fourth-order valence-electron chi connectivity index (χ4n) is 5.52. The van der Waals surface area contributed by atoms with E-state index in [9.17, 15) is 9.59 Å². The van der Waals surface area contributed by atoms with Crippen LogP contribution in [-0.2, 0) is 16.1 Å². The van der Waals surface area contributed by atoms with E-state index in [0.29, 0.717) is 23.9 Å². The quantitative estimate of drug-likeness (QED) is 0.529. The molecule has 1 aliphatic heterocycles. The number of carbonyl (C=O) groups excluding carboxylic acids is 2. The Bertz CT molecular complexity index is 1180. The van der Waals surface area contributed by atoms with Crippen molar-refractivity contribution in [1.82, 2.24) is 19.6 Å². The van der Waals surface area contributed by atoms with Gasteiger partial charge in [0, 0.05) is 43.8 Å². The molecule has 3 heterocycles. The summed E-state index contributed by atoms with van der Waals surface area (Å²) in [5.74, 6) is 0.989. The third kappa shape index (κ3) is 5.78. The molecule has 2 atom stereocenters. The van der Waals surface area contributed by atoms with Gasteiger partial charge in [-0.3, -0.25) is 9.59 Å². The lowest BCUT2D eigenvalue weighted by Gasteiger charge is -2.33. The highest BCUT2D eigenvalue weighted by atomic mass is 16.5. The predicted molar refractivity (Wildman–Crippen MR) is 139 cm³/mol. The molecule has 0 radical (unpaired) electrons. The monoisotopic (exact) mass is 488 g/mol. The van der Waals surface area contributed by atoms with E-state index in [-0.39, 0.29) is 24.5 Å². The van der Waals surface area contributed by atoms with Gasteiger partial charge in [-0.15, -0.1) is 0 Å². The molecule has 1 aliphatic carbocycles. The molecule has 0 unspecified atom stereocenters. The summed E-state index contributed by atoms with van der Waals surface area (Å²) in [6.45, 7) is 4.42. The molecule has 2 aliphatic rings. The minimum atomic E-state index is -0.0857. The van der Waals surface area contributed by atoms with Gasteiger partial charge in [0.15, 0.2) is 0 Å². The van der Waals surface area contributed by atoms with Gasteiger partial charge in [-0.2, -0.15) is 0 Å². The summed E-state index contributed by atoms with van der Waals surface area (Å²) in [5.41, 5.74) is 3.77. The molecule has 0 bridgehead atoms. The van der Waals surface area contributed by atoms with Crippen LogP contribution in [-0.4, -0.2) is 51.9 Å². The van der Waals surface area contributed by atoms with E-state index in [1.54, 1.807) is 6.20 Å². The summed E-state index contributed by atoms with van der Waals surface area (Å²) >= 11 is 0. The maximum atomic E-state index is 12.7. The van der Waals surface area contributed by atoms with Crippen molar-refractivity contribution < 1.29 is 14.3 Å². The van der Waals surface area contributed by atoms with E-state index in [1.165, 1.54) is 24.8 Å². The molecule has 0 spiro atoms. The number of likely N-dealkylation sites (tertiary alicyclic amines) is 1. The maximum absolute atomic E-state index is 12.7. The van der Waals surface area contributed by atoms with Crippen LogP contribution in [0.25, 0.3) is 5.65 Å². The van der Waals surface area contributed by atoms with E-state index < -0.39 is 0 Å². The minimum absolute atomic E-state index is 0.0857. The van der Waals surface area contributed by atoms with Crippen molar-refractivity contribution >= 4 is 17.5 Å². The highest BCUT2D eigenvalue weighted by molar-refractivity contribution is 5.94. The average molecular weight is 489 g/mol. The van der Waals surface area contributed by atoms with Crippen LogP contribution in [0.4, 0.5) is 0 Å². The summed E-state index contributed by atoms with van der Waals surface area (Å²) < 4.78 is 7.93. The zero-order valence-corrected chi connectivity index (χ0v) is 21.1. The Kier molecular flexibility index (Phi) is 7.66. The number of pyridine rings is 1. The Morgan fingerprint density at radius 1 is 1.03 bits per heavy atom. The number of rotatable bonds is 7. The second-order valence-corrected chi connectivity index (χ2v) is 10.3. The van der Waals surface area contributed by atoms with Gasteiger partial charge in [-0.05, 0) is 72.9 Å². The number of aromatic nitrogens is 2. The number of fused-ring (bicyclic) bond motifs is 1. The molecule has 1 saturated carbocycles. The van der Waals surface area contributed by atoms with Crippen LogP contribution in [0.3, 0.4) is 0 Å². The molecule has 2 fully saturated rings. The van der Waals surface area contributed by atoms with Crippen molar-refractivity contribution in [3.05, 3.63) is 71.7 Å². The van der Waals surface area contributed by atoms with E-state index in [0.717, 1.165) is 43.6 Å². The first-order valence-electron chi connectivity index (χ1n) is 13.3. The topological polar surface area (TPSA) is 75.9 Å². The zero-order valence-electron chi connectivity index (χ0n) is 21.1. The third-order valence-corrected chi connectivity index (χ3v) is 7.86. The van der Waals surface area contributed by atoms with Gasteiger partial charge in [-0.1, -0.05) is 31.9 Å². The largest absolute Gasteiger partial charge is 0.368 e. The lowest BCUT2D eigenvalue weighted by atomic mass is 9.88. The van der Waals surface area contributed by atoms with Gasteiger partial charge in [0.25, 0.3) is 5.91 Å². The molecule has 190 valence electrons. The molecule has 5 rings (SSSR count). The lowest BCUT2D eigenvalue weighted by Crippen LogP contribution is -2.41. The number of nitrogens with one attached hydrogen (secondary N) is 1. The second kappa shape index (κ2) is 11.2. The summed E-state index contributed by atoms with van der Waals surface area (Å²) in [5, 5.41) is 3.00. The summed E-state index contributed by atoms with van der Waals surface area (Å²) in [4.78, 5) is 31.6. The molecule has 7 heteroatoms. The number of piperidine rings is 1. The number of carbonyl (C=O) groups is 2. The van der Waals surface area contributed by atoms with Crippen molar-refractivity contribution in [1.29, 1.82) is 0 Å². The van der Waals surface area contributed by atoms with E-state index in [1.807, 2.05) is 46.0 Å². The first-order chi connectivity index (χ1) is 17.6. The molecule has 1 N–H and O–H groups in total. The number of hydrogen-bond acceptors (Lipinski definition) is 4. The summed E-state index contributed by atoms with van der Waals surface area (Å²) in [6.07, 6.45) is 12.5. The first kappa shape index (κ1) is 24.5. The molecule has 2 amide bonds. The van der Waals surface area contributed by atoms with Crippen LogP contribution >= 0.6 is 0 Å². The van der Waals surface area contributed by atoms with Gasteiger partial charge < -0.3 is 19.4 Å². The number of benzene rings is 1. The zero-order chi connectivity index (χ0) is 24.9. The van der Waals surface area contributed by atoms with Crippen LogP contribution in [0.1, 0.15) is 72.9 Å². The molecular formula is C29H36N4O3. The Balaban J connectivity index is 1.07. The number of nitrogens with zero attached hydrogens (tertiary/aromatic N) is 3. The van der Waals surface area contributed by atoms with Crippen molar-refractivity contribution in [3.8, 4) is 0 Å². The normalized spacial score (nSPS) is 21.0. The van der Waals surface area contributed by atoms with E-state index in [4.69, 9.17) is 4.74 Å². The van der Waals surface area contributed by atoms with Gasteiger partial charge in [0.1, 0.15) is 12.3 Å². The maximum Gasteiger partial charge on any atom is 0.251 e. The molecule has 1 saturated heterocycles. The summed E-state index contributed by atoms with van der Waals surface area (Å²) in [6, 6.07) is 11.9. The van der Waals surface area contributed by atoms with E-state index >= 15 is 0 Å². The molecule has 2 aromatic heterocycles. The number of ether oxygens (including phenoxy) is 1. The van der Waals surface area contributed by atoms with Crippen LogP contribution in [0.2, 0.25) is 0 Å². The third-order valence-electron chi connectivity index (χ3n) is 7.86. The minimum Gasteiger partial charge on any atom is -0.368 e.